The molecule has 0 bridgehead atoms. The smallest absolute Gasteiger partial charge is 0.264 e. The molecule has 4 aromatic rings. The molecule has 0 radical (unpaired) electrons. The second kappa shape index (κ2) is 12.2. The van der Waals surface area contributed by atoms with E-state index >= 15 is 0 Å². The predicted molar refractivity (Wildman–Crippen MR) is 157 cm³/mol. The van der Waals surface area contributed by atoms with E-state index in [1.54, 1.807) is 32.4 Å². The SMILES string of the molecule is CCCCc1[nH]c(=O)c(-c2ncc(CC3=C(C)OCC(c4ccccc4)=N3)o2)c(O)c1-c1c(OC)cccc1OC. The van der Waals surface area contributed by atoms with Crippen molar-refractivity contribution in [2.45, 2.75) is 39.5 Å². The maximum atomic E-state index is 13.3. The number of benzene rings is 2. The molecule has 212 valence electrons. The molecule has 5 rings (SSSR count). The number of aromatic amines is 1. The lowest BCUT2D eigenvalue weighted by atomic mass is 9.96. The first kappa shape index (κ1) is 27.8. The number of allylic oxidation sites excluding steroid dienone is 2. The van der Waals surface area contributed by atoms with Crippen molar-refractivity contribution in [3.8, 4) is 39.8 Å². The van der Waals surface area contributed by atoms with Crippen molar-refractivity contribution < 1.29 is 23.7 Å². The molecule has 0 saturated carbocycles. The van der Waals surface area contributed by atoms with Gasteiger partial charge in [0.1, 0.15) is 40.9 Å². The lowest BCUT2D eigenvalue weighted by molar-refractivity contribution is 0.249. The summed E-state index contributed by atoms with van der Waals surface area (Å²) >= 11 is 0. The molecule has 0 spiro atoms. The minimum Gasteiger partial charge on any atom is -0.506 e. The van der Waals surface area contributed by atoms with E-state index in [1.165, 1.54) is 6.20 Å². The summed E-state index contributed by atoms with van der Waals surface area (Å²) in [4.78, 5) is 25.5. The van der Waals surface area contributed by atoms with E-state index in [-0.39, 0.29) is 17.2 Å². The number of rotatable bonds is 10. The summed E-state index contributed by atoms with van der Waals surface area (Å²) in [6.45, 7) is 4.30. The molecule has 2 N–H and O–H groups in total. The Morgan fingerprint density at radius 2 is 1.73 bits per heavy atom. The van der Waals surface area contributed by atoms with Crippen LogP contribution in [0.3, 0.4) is 0 Å². The van der Waals surface area contributed by atoms with Gasteiger partial charge in [-0.15, -0.1) is 0 Å². The van der Waals surface area contributed by atoms with Crippen LogP contribution in [-0.2, 0) is 17.6 Å². The topological polar surface area (TPSA) is 119 Å². The highest BCUT2D eigenvalue weighted by Crippen LogP contribution is 2.46. The van der Waals surface area contributed by atoms with Gasteiger partial charge in [0.15, 0.2) is 0 Å². The van der Waals surface area contributed by atoms with Gasteiger partial charge in [0.2, 0.25) is 5.89 Å². The number of nitrogens with one attached hydrogen (secondary N) is 1. The molecule has 0 amide bonds. The fraction of sp³-hybridized carbons (Fsp3) is 0.281. The molecule has 0 atom stereocenters. The number of unbranched alkanes of at least 4 members (excludes halogenated alkanes) is 1. The molecule has 2 aromatic carbocycles. The van der Waals surface area contributed by atoms with Gasteiger partial charge in [-0.3, -0.25) is 4.79 Å². The maximum Gasteiger partial charge on any atom is 0.264 e. The van der Waals surface area contributed by atoms with E-state index in [2.05, 4.69) is 16.9 Å². The van der Waals surface area contributed by atoms with Gasteiger partial charge in [0.05, 0.1) is 49.4 Å². The number of nitrogens with zero attached hydrogens (tertiary/aromatic N) is 2. The number of ether oxygens (including phenoxy) is 3. The first-order chi connectivity index (χ1) is 19.9. The Labute approximate surface area is 238 Å². The molecular weight excluding hydrogens is 522 g/mol. The van der Waals surface area contributed by atoms with E-state index in [9.17, 15) is 9.90 Å². The van der Waals surface area contributed by atoms with Crippen molar-refractivity contribution in [2.24, 2.45) is 4.99 Å². The molecule has 41 heavy (non-hydrogen) atoms. The number of aromatic nitrogens is 2. The van der Waals surface area contributed by atoms with E-state index in [1.807, 2.05) is 37.3 Å². The largest absolute Gasteiger partial charge is 0.506 e. The summed E-state index contributed by atoms with van der Waals surface area (Å²) in [7, 11) is 3.09. The summed E-state index contributed by atoms with van der Waals surface area (Å²) < 4.78 is 23.2. The number of H-pyrrole nitrogens is 1. The monoisotopic (exact) mass is 555 g/mol. The number of methoxy groups -OCH3 is 2. The first-order valence-corrected chi connectivity index (χ1v) is 13.5. The predicted octanol–water partition coefficient (Wildman–Crippen LogP) is 6.06. The summed E-state index contributed by atoms with van der Waals surface area (Å²) in [5, 5.41) is 11.6. The van der Waals surface area contributed by atoms with Gasteiger partial charge in [-0.05, 0) is 37.5 Å². The first-order valence-electron chi connectivity index (χ1n) is 13.5. The normalized spacial score (nSPS) is 13.1. The van der Waals surface area contributed by atoms with Crippen LogP contribution in [0.1, 0.15) is 43.7 Å². The van der Waals surface area contributed by atoms with Crippen molar-refractivity contribution in [1.29, 1.82) is 0 Å². The van der Waals surface area contributed by atoms with Crippen molar-refractivity contribution >= 4 is 5.71 Å². The zero-order valence-corrected chi connectivity index (χ0v) is 23.6. The molecule has 2 aromatic heterocycles. The summed E-state index contributed by atoms with van der Waals surface area (Å²) in [6.07, 6.45) is 4.10. The zero-order chi connectivity index (χ0) is 28.9. The highest BCUT2D eigenvalue weighted by molar-refractivity contribution is 6.02. The Morgan fingerprint density at radius 3 is 2.41 bits per heavy atom. The number of aryl methyl sites for hydroxylation is 1. The second-order valence-electron chi connectivity index (χ2n) is 9.70. The molecule has 9 heteroatoms. The molecule has 0 fully saturated rings. The van der Waals surface area contributed by atoms with Crippen LogP contribution in [0.15, 0.2) is 80.4 Å². The van der Waals surface area contributed by atoms with Gasteiger partial charge in [-0.1, -0.05) is 49.7 Å². The number of oxazole rings is 1. The van der Waals surface area contributed by atoms with Crippen LogP contribution in [0.25, 0.3) is 22.6 Å². The second-order valence-corrected chi connectivity index (χ2v) is 9.70. The number of hydrogen-bond acceptors (Lipinski definition) is 8. The average molecular weight is 556 g/mol. The highest BCUT2D eigenvalue weighted by Gasteiger charge is 2.27. The lowest BCUT2D eigenvalue weighted by Crippen LogP contribution is -2.16. The molecular formula is C32H33N3O6. The molecule has 0 saturated heterocycles. The molecule has 3 heterocycles. The number of pyridine rings is 1. The van der Waals surface area contributed by atoms with Gasteiger partial charge in [-0.25, -0.2) is 9.98 Å². The minimum absolute atomic E-state index is 0.00171. The van der Waals surface area contributed by atoms with Crippen LogP contribution in [-0.4, -0.2) is 41.6 Å². The van der Waals surface area contributed by atoms with Crippen LogP contribution >= 0.6 is 0 Å². The number of hydrogen-bond donors (Lipinski definition) is 2. The minimum atomic E-state index is -0.500. The van der Waals surface area contributed by atoms with Crippen LogP contribution < -0.4 is 15.0 Å². The molecule has 0 aliphatic carbocycles. The summed E-state index contributed by atoms with van der Waals surface area (Å²) in [5.74, 6) is 1.90. The highest BCUT2D eigenvalue weighted by atomic mass is 16.5. The fourth-order valence-electron chi connectivity index (χ4n) is 4.89. The Morgan fingerprint density at radius 1 is 1.00 bits per heavy atom. The zero-order valence-electron chi connectivity index (χ0n) is 23.6. The average Bonchev–Trinajstić information content (AvgIpc) is 3.45. The van der Waals surface area contributed by atoms with Crippen LogP contribution in [0.2, 0.25) is 0 Å². The third kappa shape index (κ3) is 5.61. The molecule has 0 unspecified atom stereocenters. The molecule has 1 aliphatic rings. The summed E-state index contributed by atoms with van der Waals surface area (Å²) in [6, 6.07) is 15.2. The van der Waals surface area contributed by atoms with E-state index in [0.29, 0.717) is 65.0 Å². The third-order valence-electron chi connectivity index (χ3n) is 7.04. The number of aromatic hydroxyl groups is 1. The van der Waals surface area contributed by atoms with Crippen molar-refractivity contribution in [2.75, 3.05) is 20.8 Å². The van der Waals surface area contributed by atoms with E-state index in [0.717, 1.165) is 24.1 Å². The van der Waals surface area contributed by atoms with Crippen molar-refractivity contribution in [3.05, 3.63) is 93.6 Å². The van der Waals surface area contributed by atoms with E-state index in [4.69, 9.17) is 23.6 Å². The summed E-state index contributed by atoms with van der Waals surface area (Å²) in [5.41, 5.74) is 3.46. The van der Waals surface area contributed by atoms with Crippen LogP contribution in [0.5, 0.6) is 17.2 Å². The maximum absolute atomic E-state index is 13.3. The third-order valence-corrected chi connectivity index (χ3v) is 7.04. The van der Waals surface area contributed by atoms with Crippen molar-refractivity contribution in [1.82, 2.24) is 9.97 Å². The van der Waals surface area contributed by atoms with Crippen LogP contribution in [0.4, 0.5) is 0 Å². The Kier molecular flexibility index (Phi) is 8.24. The Balaban J connectivity index is 1.56. The van der Waals surface area contributed by atoms with Crippen molar-refractivity contribution in [3.63, 3.8) is 0 Å². The Bertz CT molecular complexity index is 1640. The van der Waals surface area contributed by atoms with Gasteiger partial charge < -0.3 is 28.7 Å². The van der Waals surface area contributed by atoms with Gasteiger partial charge in [0, 0.05) is 5.69 Å². The quantitative estimate of drug-likeness (QED) is 0.244. The lowest BCUT2D eigenvalue weighted by Gasteiger charge is -2.18. The van der Waals surface area contributed by atoms with Gasteiger partial charge >= 0.3 is 0 Å². The van der Waals surface area contributed by atoms with Gasteiger partial charge in [0.25, 0.3) is 5.56 Å². The molecule has 1 aliphatic heterocycles. The number of aliphatic imine (C=N–C) groups is 1. The van der Waals surface area contributed by atoms with Crippen LogP contribution in [0, 0.1) is 0 Å². The molecule has 9 nitrogen and oxygen atoms in total. The fourth-order valence-corrected chi connectivity index (χ4v) is 4.89. The Hall–Kier alpha value is -4.79. The van der Waals surface area contributed by atoms with Gasteiger partial charge in [-0.2, -0.15) is 0 Å². The van der Waals surface area contributed by atoms with E-state index < -0.39 is 5.56 Å². The standard InChI is InChI=1S/C32H33N3O6/c1-5-6-13-22-27(28-25(38-3)14-10-15-26(28)39-4)30(36)29(31(37)35-22)32-33-17-21(41-32)16-23-19(2)40-18-24(34-23)20-11-8-7-9-12-20/h7-12,14-15,17H,5-6,13,16,18H2,1-4H3,(H2,35,36,37).